The van der Waals surface area contributed by atoms with Crippen molar-refractivity contribution in [2.75, 3.05) is 12.4 Å². The van der Waals surface area contributed by atoms with Gasteiger partial charge in [-0.05, 0) is 44.7 Å². The summed E-state index contributed by atoms with van der Waals surface area (Å²) in [5.74, 6) is -4.28. The molecule has 0 aliphatic rings. The van der Waals surface area contributed by atoms with Crippen LogP contribution in [0.4, 0.5) is 5.69 Å². The van der Waals surface area contributed by atoms with Crippen LogP contribution in [-0.4, -0.2) is 36.4 Å². The van der Waals surface area contributed by atoms with Crippen molar-refractivity contribution in [3.8, 4) is 0 Å². The van der Waals surface area contributed by atoms with Crippen molar-refractivity contribution >= 4 is 35.1 Å². The Morgan fingerprint density at radius 3 is 2.23 bits per heavy atom. The molecule has 1 aromatic rings. The maximum atomic E-state index is 12.7. The molecule has 3 atom stereocenters. The molecule has 0 aliphatic heterocycles. The second kappa shape index (κ2) is 14.8. The largest absolute Gasteiger partial charge is 0.468 e. The summed E-state index contributed by atoms with van der Waals surface area (Å²) in [5.41, 5.74) is 0.479. The van der Waals surface area contributed by atoms with Crippen molar-refractivity contribution in [3.05, 3.63) is 30.3 Å². The lowest BCUT2D eigenvalue weighted by Gasteiger charge is -2.21. The Morgan fingerprint density at radius 2 is 1.63 bits per heavy atom. The quantitative estimate of drug-likeness (QED) is 0.189. The number of hydrogen-bond donors (Lipinski definition) is 1. The molecule has 0 aliphatic carbocycles. The Bertz CT molecular complexity index is 650. The number of carbonyl (C=O) groups is 3. The molecule has 7 heteroatoms. The van der Waals surface area contributed by atoms with E-state index in [-0.39, 0.29) is 5.38 Å². The van der Waals surface area contributed by atoms with Gasteiger partial charge in [-0.15, -0.1) is 11.6 Å². The number of halogens is 1. The Labute approximate surface area is 184 Å². The summed E-state index contributed by atoms with van der Waals surface area (Å²) < 4.78 is 10.3. The number of amides is 1. The fourth-order valence-electron chi connectivity index (χ4n) is 3.05. The number of methoxy groups -OCH3 is 1. The monoisotopic (exact) mass is 439 g/mol. The van der Waals surface area contributed by atoms with Gasteiger partial charge in [0.1, 0.15) is 6.10 Å². The first kappa shape index (κ1) is 26.0. The zero-order valence-electron chi connectivity index (χ0n) is 18.2. The third kappa shape index (κ3) is 10.1. The van der Waals surface area contributed by atoms with Gasteiger partial charge < -0.3 is 14.8 Å². The highest BCUT2D eigenvalue weighted by Gasteiger charge is 2.38. The van der Waals surface area contributed by atoms with Gasteiger partial charge in [-0.3, -0.25) is 14.4 Å². The maximum Gasteiger partial charge on any atom is 0.330 e. The number of carbonyl (C=O) groups excluding carboxylic acids is 3. The third-order valence-electron chi connectivity index (χ3n) is 4.78. The predicted molar refractivity (Wildman–Crippen MR) is 118 cm³/mol. The van der Waals surface area contributed by atoms with Crippen LogP contribution in [0, 0.1) is 5.92 Å². The lowest BCUT2D eigenvalue weighted by molar-refractivity contribution is -0.166. The number of nitrogens with one attached hydrogen (secondary N) is 1. The summed E-state index contributed by atoms with van der Waals surface area (Å²) in [6.07, 6.45) is 6.96. The standard InChI is InChI=1S/C23H34ClNO5/c1-4-5-6-7-11-14-19(16-15-17(2)24)30-23(28)20(22(27)29-3)21(26)25-18-12-9-8-10-13-18/h8-10,12-13,17,19-20H,4-7,11,14-16H2,1-3H3,(H,25,26). The Balaban J connectivity index is 2.79. The molecular weight excluding hydrogens is 406 g/mol. The lowest BCUT2D eigenvalue weighted by atomic mass is 10.0. The van der Waals surface area contributed by atoms with Gasteiger partial charge in [-0.2, -0.15) is 0 Å². The lowest BCUT2D eigenvalue weighted by Crippen LogP contribution is -2.39. The number of esters is 2. The van der Waals surface area contributed by atoms with Crippen LogP contribution in [0.5, 0.6) is 0 Å². The second-order valence-electron chi connectivity index (χ2n) is 7.43. The summed E-state index contributed by atoms with van der Waals surface area (Å²) >= 11 is 6.06. The van der Waals surface area contributed by atoms with Crippen molar-refractivity contribution in [1.82, 2.24) is 0 Å². The third-order valence-corrected chi connectivity index (χ3v) is 4.99. The van der Waals surface area contributed by atoms with Crippen LogP contribution in [-0.2, 0) is 23.9 Å². The molecule has 30 heavy (non-hydrogen) atoms. The number of unbranched alkanes of at least 4 members (excludes halogenated alkanes) is 4. The molecule has 6 nitrogen and oxygen atoms in total. The first-order valence-corrected chi connectivity index (χ1v) is 11.1. The summed E-state index contributed by atoms with van der Waals surface area (Å²) in [5, 5.41) is 2.51. The van der Waals surface area contributed by atoms with Crippen LogP contribution < -0.4 is 5.32 Å². The smallest absolute Gasteiger partial charge is 0.330 e. The van der Waals surface area contributed by atoms with Crippen molar-refractivity contribution in [2.45, 2.75) is 76.7 Å². The van der Waals surface area contributed by atoms with Gasteiger partial charge in [0.05, 0.1) is 7.11 Å². The number of anilines is 1. The topological polar surface area (TPSA) is 81.7 Å². The van der Waals surface area contributed by atoms with Gasteiger partial charge in [0.2, 0.25) is 11.8 Å². The van der Waals surface area contributed by atoms with E-state index in [0.29, 0.717) is 24.9 Å². The number of para-hydroxylation sites is 1. The second-order valence-corrected chi connectivity index (χ2v) is 8.18. The molecule has 1 amide bonds. The van der Waals surface area contributed by atoms with E-state index >= 15 is 0 Å². The molecule has 0 spiro atoms. The normalized spacial score (nSPS) is 13.7. The Morgan fingerprint density at radius 1 is 0.967 bits per heavy atom. The van der Waals surface area contributed by atoms with Crippen molar-refractivity contribution in [3.63, 3.8) is 0 Å². The van der Waals surface area contributed by atoms with E-state index in [1.807, 2.05) is 6.92 Å². The molecular formula is C23H34ClNO5. The summed E-state index contributed by atoms with van der Waals surface area (Å²) in [6, 6.07) is 8.60. The fraction of sp³-hybridized carbons (Fsp3) is 0.609. The van der Waals surface area contributed by atoms with E-state index in [9.17, 15) is 14.4 Å². The minimum atomic E-state index is -1.67. The molecule has 0 aromatic heterocycles. The van der Waals surface area contributed by atoms with Gasteiger partial charge >= 0.3 is 11.9 Å². The van der Waals surface area contributed by atoms with Gasteiger partial charge in [0.25, 0.3) is 0 Å². The van der Waals surface area contributed by atoms with Gasteiger partial charge in [0, 0.05) is 11.1 Å². The molecule has 3 unspecified atom stereocenters. The zero-order valence-corrected chi connectivity index (χ0v) is 19.0. The average Bonchev–Trinajstić information content (AvgIpc) is 2.72. The van der Waals surface area contributed by atoms with E-state index in [0.717, 1.165) is 32.8 Å². The van der Waals surface area contributed by atoms with E-state index in [2.05, 4.69) is 17.0 Å². The molecule has 0 saturated carbocycles. The summed E-state index contributed by atoms with van der Waals surface area (Å²) in [6.45, 7) is 4.03. The van der Waals surface area contributed by atoms with Gasteiger partial charge in [-0.1, -0.05) is 50.8 Å². The van der Waals surface area contributed by atoms with Crippen molar-refractivity contribution in [2.24, 2.45) is 5.92 Å². The first-order chi connectivity index (χ1) is 14.4. The molecule has 0 radical (unpaired) electrons. The van der Waals surface area contributed by atoms with Crippen molar-refractivity contribution in [1.29, 1.82) is 0 Å². The van der Waals surface area contributed by atoms with Gasteiger partial charge in [0.15, 0.2) is 0 Å². The molecule has 0 saturated heterocycles. The minimum absolute atomic E-state index is 0.0518. The van der Waals surface area contributed by atoms with E-state index in [4.69, 9.17) is 16.3 Å². The zero-order chi connectivity index (χ0) is 22.4. The average molecular weight is 440 g/mol. The SMILES string of the molecule is CCCCCCCC(CCC(C)Cl)OC(=O)C(C(=O)Nc1ccccc1)C(=O)OC. The molecule has 1 rings (SSSR count). The highest BCUT2D eigenvalue weighted by Crippen LogP contribution is 2.19. The Hall–Kier alpha value is -2.08. The highest BCUT2D eigenvalue weighted by molar-refractivity contribution is 6.20. The molecule has 168 valence electrons. The fourth-order valence-corrected chi connectivity index (χ4v) is 3.18. The maximum absolute atomic E-state index is 12.7. The number of ether oxygens (including phenoxy) is 2. The molecule has 0 heterocycles. The van der Waals surface area contributed by atoms with E-state index in [1.54, 1.807) is 30.3 Å². The van der Waals surface area contributed by atoms with E-state index in [1.165, 1.54) is 6.42 Å². The number of hydrogen-bond acceptors (Lipinski definition) is 5. The highest BCUT2D eigenvalue weighted by atomic mass is 35.5. The number of alkyl halides is 1. The molecule has 0 fully saturated rings. The molecule has 1 N–H and O–H groups in total. The van der Waals surface area contributed by atoms with Crippen LogP contribution >= 0.6 is 11.6 Å². The first-order valence-electron chi connectivity index (χ1n) is 10.7. The van der Waals surface area contributed by atoms with Crippen molar-refractivity contribution < 1.29 is 23.9 Å². The minimum Gasteiger partial charge on any atom is -0.468 e. The Kier molecular flexibility index (Phi) is 12.8. The number of benzene rings is 1. The molecule has 0 bridgehead atoms. The van der Waals surface area contributed by atoms with E-state index < -0.39 is 29.9 Å². The van der Waals surface area contributed by atoms with Crippen LogP contribution in [0.2, 0.25) is 0 Å². The van der Waals surface area contributed by atoms with Crippen LogP contribution in [0.1, 0.15) is 65.2 Å². The predicted octanol–water partition coefficient (Wildman–Crippen LogP) is 5.09. The van der Waals surface area contributed by atoms with Gasteiger partial charge in [-0.25, -0.2) is 0 Å². The number of rotatable bonds is 14. The summed E-state index contributed by atoms with van der Waals surface area (Å²) in [4.78, 5) is 37.5. The molecule has 1 aromatic carbocycles. The summed E-state index contributed by atoms with van der Waals surface area (Å²) in [7, 11) is 1.14. The van der Waals surface area contributed by atoms with Crippen LogP contribution in [0.25, 0.3) is 0 Å². The van der Waals surface area contributed by atoms with Crippen LogP contribution in [0.3, 0.4) is 0 Å². The van der Waals surface area contributed by atoms with Crippen LogP contribution in [0.15, 0.2) is 30.3 Å².